The van der Waals surface area contributed by atoms with Gasteiger partial charge in [0.15, 0.2) is 6.10 Å². The summed E-state index contributed by atoms with van der Waals surface area (Å²) >= 11 is 0. The third-order valence-electron chi connectivity index (χ3n) is 7.42. The average Bonchev–Trinajstić information content (AvgIpc) is 3.15. The molecule has 3 fully saturated rings. The Bertz CT molecular complexity index is 834. The van der Waals surface area contributed by atoms with Gasteiger partial charge in [0, 0.05) is 44.0 Å². The van der Waals surface area contributed by atoms with E-state index in [1.165, 1.54) is 21.7 Å². The van der Waals surface area contributed by atoms with Gasteiger partial charge in [-0.05, 0) is 63.3 Å². The molecule has 0 aromatic heterocycles. The summed E-state index contributed by atoms with van der Waals surface area (Å²) in [6.07, 6.45) is -3.83. The number of morpholine rings is 1. The van der Waals surface area contributed by atoms with E-state index in [1.807, 2.05) is 0 Å². The van der Waals surface area contributed by atoms with Crippen LogP contribution in [-0.4, -0.2) is 79.6 Å². The van der Waals surface area contributed by atoms with Crippen LogP contribution in [0.3, 0.4) is 0 Å². The van der Waals surface area contributed by atoms with Gasteiger partial charge in [-0.2, -0.15) is 13.2 Å². The standard InChI is InChI=1S/C24H34F3N3O3/c1-18-16-20(4-5-21(18)28-12-14-32-15-13-28)17-30-9-3-6-23(30)7-10-29(11-8-23)22(31)33-19(2)24(25,26)27/h4-5,16,19H,3,6-15,17H2,1-2H3. The third kappa shape index (κ3) is 5.40. The highest BCUT2D eigenvalue weighted by atomic mass is 19.4. The minimum atomic E-state index is -4.54. The van der Waals surface area contributed by atoms with Gasteiger partial charge in [-0.25, -0.2) is 4.79 Å². The fourth-order valence-electron chi connectivity index (χ4n) is 5.40. The molecule has 1 amide bonds. The number of anilines is 1. The quantitative estimate of drug-likeness (QED) is 0.656. The van der Waals surface area contributed by atoms with Crippen LogP contribution in [0.4, 0.5) is 23.7 Å². The van der Waals surface area contributed by atoms with Gasteiger partial charge in [-0.15, -0.1) is 0 Å². The van der Waals surface area contributed by atoms with Gasteiger partial charge in [0.1, 0.15) is 0 Å². The van der Waals surface area contributed by atoms with Crippen LogP contribution in [-0.2, 0) is 16.0 Å². The zero-order chi connectivity index (χ0) is 23.6. The van der Waals surface area contributed by atoms with Crippen LogP contribution in [0.2, 0.25) is 0 Å². The molecule has 4 rings (SSSR count). The predicted octanol–water partition coefficient (Wildman–Crippen LogP) is 4.35. The molecule has 3 aliphatic rings. The van der Waals surface area contributed by atoms with Gasteiger partial charge < -0.3 is 19.3 Å². The Morgan fingerprint density at radius 2 is 1.82 bits per heavy atom. The summed E-state index contributed by atoms with van der Waals surface area (Å²) in [5, 5.41) is 0. The van der Waals surface area contributed by atoms with Gasteiger partial charge in [0.2, 0.25) is 0 Å². The number of amides is 1. The van der Waals surface area contributed by atoms with E-state index >= 15 is 0 Å². The Balaban J connectivity index is 1.35. The van der Waals surface area contributed by atoms with Crippen LogP contribution in [0.15, 0.2) is 18.2 Å². The zero-order valence-electron chi connectivity index (χ0n) is 19.5. The number of nitrogens with zero attached hydrogens (tertiary/aromatic N) is 3. The van der Waals surface area contributed by atoms with E-state index in [-0.39, 0.29) is 5.54 Å². The Morgan fingerprint density at radius 3 is 2.45 bits per heavy atom. The van der Waals surface area contributed by atoms with Crippen molar-refractivity contribution in [2.24, 2.45) is 0 Å². The molecule has 0 bridgehead atoms. The normalized spacial score (nSPS) is 22.6. The highest BCUT2D eigenvalue weighted by Gasteiger charge is 2.45. The largest absolute Gasteiger partial charge is 0.437 e. The number of ether oxygens (including phenoxy) is 2. The van der Waals surface area contributed by atoms with Crippen LogP contribution < -0.4 is 4.90 Å². The smallest absolute Gasteiger partial charge is 0.425 e. The lowest BCUT2D eigenvalue weighted by Crippen LogP contribution is -2.53. The number of halogens is 3. The molecule has 0 radical (unpaired) electrons. The van der Waals surface area contributed by atoms with Gasteiger partial charge in [-0.1, -0.05) is 12.1 Å². The molecule has 1 spiro atoms. The Kier molecular flexibility index (Phi) is 7.09. The van der Waals surface area contributed by atoms with Crippen molar-refractivity contribution in [3.05, 3.63) is 29.3 Å². The first-order valence-corrected chi connectivity index (χ1v) is 11.9. The number of hydrogen-bond acceptors (Lipinski definition) is 5. The molecule has 1 aromatic rings. The number of piperidine rings is 1. The lowest BCUT2D eigenvalue weighted by Gasteiger charge is -2.45. The fraction of sp³-hybridized carbons (Fsp3) is 0.708. The second-order valence-corrected chi connectivity index (χ2v) is 9.52. The Labute approximate surface area is 193 Å². The first-order valence-electron chi connectivity index (χ1n) is 11.9. The van der Waals surface area contributed by atoms with Crippen LogP contribution in [0, 0.1) is 6.92 Å². The van der Waals surface area contributed by atoms with Gasteiger partial charge >= 0.3 is 12.3 Å². The lowest BCUT2D eigenvalue weighted by molar-refractivity contribution is -0.200. The van der Waals surface area contributed by atoms with E-state index < -0.39 is 18.4 Å². The van der Waals surface area contributed by atoms with Crippen LogP contribution in [0.25, 0.3) is 0 Å². The van der Waals surface area contributed by atoms with Crippen LogP contribution in [0.5, 0.6) is 0 Å². The molecule has 0 N–H and O–H groups in total. The highest BCUT2D eigenvalue weighted by molar-refractivity contribution is 5.68. The summed E-state index contributed by atoms with van der Waals surface area (Å²) < 4.78 is 48.3. The molecule has 3 heterocycles. The lowest BCUT2D eigenvalue weighted by atomic mass is 9.85. The van der Waals surface area contributed by atoms with Crippen molar-refractivity contribution in [2.75, 3.05) is 50.8 Å². The van der Waals surface area contributed by atoms with Crippen molar-refractivity contribution >= 4 is 11.8 Å². The molecule has 0 saturated carbocycles. The SMILES string of the molecule is Cc1cc(CN2CCCC23CCN(C(=O)OC(C)C(F)(F)F)CC3)ccc1N1CCOCC1. The second kappa shape index (κ2) is 9.70. The second-order valence-electron chi connectivity index (χ2n) is 9.52. The molecule has 1 unspecified atom stereocenters. The summed E-state index contributed by atoms with van der Waals surface area (Å²) in [5.74, 6) is 0. The molecule has 3 aliphatic heterocycles. The first kappa shape index (κ1) is 24.1. The highest BCUT2D eigenvalue weighted by Crippen LogP contribution is 2.40. The minimum absolute atomic E-state index is 0.00318. The average molecular weight is 470 g/mol. The molecule has 1 aromatic carbocycles. The van der Waals surface area contributed by atoms with Crippen LogP contribution in [0.1, 0.15) is 43.7 Å². The Hall–Kier alpha value is -2.00. The van der Waals surface area contributed by atoms with E-state index in [0.717, 1.165) is 72.0 Å². The van der Waals surface area contributed by atoms with Gasteiger partial charge in [-0.3, -0.25) is 4.90 Å². The molecule has 6 nitrogen and oxygen atoms in total. The van der Waals surface area contributed by atoms with Crippen molar-refractivity contribution in [3.8, 4) is 0 Å². The number of benzene rings is 1. The summed E-state index contributed by atoms with van der Waals surface area (Å²) in [5.41, 5.74) is 3.80. The predicted molar refractivity (Wildman–Crippen MR) is 119 cm³/mol. The Morgan fingerprint density at radius 1 is 1.12 bits per heavy atom. The van der Waals surface area contributed by atoms with E-state index in [2.05, 4.69) is 39.7 Å². The van der Waals surface area contributed by atoms with Crippen molar-refractivity contribution in [3.63, 3.8) is 0 Å². The molecular weight excluding hydrogens is 435 g/mol. The molecular formula is C24H34F3N3O3. The van der Waals surface area contributed by atoms with Crippen molar-refractivity contribution in [1.82, 2.24) is 9.80 Å². The topological polar surface area (TPSA) is 45.2 Å². The van der Waals surface area contributed by atoms with Gasteiger partial charge in [0.25, 0.3) is 0 Å². The zero-order valence-corrected chi connectivity index (χ0v) is 19.5. The number of alkyl halides is 3. The summed E-state index contributed by atoms with van der Waals surface area (Å²) in [7, 11) is 0. The molecule has 9 heteroatoms. The van der Waals surface area contributed by atoms with Crippen LogP contribution >= 0.6 is 0 Å². The maximum Gasteiger partial charge on any atom is 0.425 e. The molecule has 33 heavy (non-hydrogen) atoms. The maximum absolute atomic E-state index is 12.7. The number of hydrogen-bond donors (Lipinski definition) is 0. The number of likely N-dealkylation sites (tertiary alicyclic amines) is 2. The van der Waals surface area contributed by atoms with Gasteiger partial charge in [0.05, 0.1) is 13.2 Å². The van der Waals surface area contributed by atoms with E-state index in [1.54, 1.807) is 0 Å². The minimum Gasteiger partial charge on any atom is -0.437 e. The summed E-state index contributed by atoms with van der Waals surface area (Å²) in [6, 6.07) is 6.68. The van der Waals surface area contributed by atoms with E-state index in [4.69, 9.17) is 4.74 Å². The van der Waals surface area contributed by atoms with E-state index in [9.17, 15) is 18.0 Å². The fourth-order valence-corrected chi connectivity index (χ4v) is 5.40. The molecule has 0 aliphatic carbocycles. The molecule has 3 saturated heterocycles. The molecule has 1 atom stereocenters. The van der Waals surface area contributed by atoms with E-state index in [0.29, 0.717) is 13.1 Å². The van der Waals surface area contributed by atoms with Crippen molar-refractivity contribution in [1.29, 1.82) is 0 Å². The number of aryl methyl sites for hydroxylation is 1. The summed E-state index contributed by atoms with van der Waals surface area (Å²) in [4.78, 5) is 18.5. The molecule has 184 valence electrons. The van der Waals surface area contributed by atoms with Crippen molar-refractivity contribution in [2.45, 2.75) is 63.9 Å². The monoisotopic (exact) mass is 469 g/mol. The summed E-state index contributed by atoms with van der Waals surface area (Å²) in [6.45, 7) is 9.07. The van der Waals surface area contributed by atoms with Crippen molar-refractivity contribution < 1.29 is 27.4 Å². The number of carbonyl (C=O) groups is 1. The number of rotatable bonds is 4. The third-order valence-corrected chi connectivity index (χ3v) is 7.42. The maximum atomic E-state index is 12.7. The first-order chi connectivity index (χ1) is 15.7. The number of carbonyl (C=O) groups excluding carboxylic acids is 1.